The van der Waals surface area contributed by atoms with Crippen molar-refractivity contribution in [2.75, 3.05) is 0 Å². The van der Waals surface area contributed by atoms with Gasteiger partial charge < -0.3 is 5.73 Å². The van der Waals surface area contributed by atoms with Gasteiger partial charge in [0.05, 0.1) is 0 Å². The zero-order valence-electron chi connectivity index (χ0n) is 6.01. The highest BCUT2D eigenvalue weighted by Gasteiger charge is 2.29. The zero-order chi connectivity index (χ0) is 8.55. The molecule has 1 atom stereocenters. The van der Waals surface area contributed by atoms with Crippen LogP contribution in [0.1, 0.15) is 0 Å². The molecule has 12 heavy (non-hydrogen) atoms. The minimum Gasteiger partial charge on any atom is -0.364 e. The van der Waals surface area contributed by atoms with E-state index in [0.29, 0.717) is 5.84 Å². The van der Waals surface area contributed by atoms with Crippen LogP contribution < -0.4 is 5.73 Å². The maximum absolute atomic E-state index is 10.8. The molecular formula is C6H5N5O. The number of hydrogen-bond donors (Lipinski definition) is 1. The molecule has 0 saturated carbocycles. The van der Waals surface area contributed by atoms with Crippen molar-refractivity contribution >= 4 is 30.1 Å². The molecule has 0 radical (unpaired) electrons. The summed E-state index contributed by atoms with van der Waals surface area (Å²) in [5.74, 6) is -0.114. The molecule has 2 rings (SSSR count). The van der Waals surface area contributed by atoms with Crippen LogP contribution >= 0.6 is 0 Å². The van der Waals surface area contributed by atoms with E-state index in [1.54, 1.807) is 0 Å². The van der Waals surface area contributed by atoms with Gasteiger partial charge in [0.25, 0.3) is 5.91 Å². The summed E-state index contributed by atoms with van der Waals surface area (Å²) in [5, 5.41) is 0. The smallest absolute Gasteiger partial charge is 0.265 e. The molecule has 2 aliphatic rings. The number of amidine groups is 1. The van der Waals surface area contributed by atoms with Gasteiger partial charge in [-0.3, -0.25) is 9.79 Å². The van der Waals surface area contributed by atoms with E-state index in [-0.39, 0.29) is 5.71 Å². The predicted octanol–water partition coefficient (Wildman–Crippen LogP) is -1.24. The molecule has 1 unspecified atom stereocenters. The number of carbonyl (C=O) groups is 1. The topological polar surface area (TPSA) is 92.5 Å². The van der Waals surface area contributed by atoms with E-state index >= 15 is 0 Å². The number of hydrogen-bond acceptors (Lipinski definition) is 5. The maximum Gasteiger partial charge on any atom is 0.265 e. The lowest BCUT2D eigenvalue weighted by atomic mass is 10.1. The van der Waals surface area contributed by atoms with Gasteiger partial charge in [0, 0.05) is 0 Å². The maximum atomic E-state index is 10.8. The summed E-state index contributed by atoms with van der Waals surface area (Å²) < 4.78 is 0. The average molecular weight is 163 g/mol. The van der Waals surface area contributed by atoms with Gasteiger partial charge in [-0.15, -0.1) is 0 Å². The molecule has 0 spiro atoms. The van der Waals surface area contributed by atoms with Crippen molar-refractivity contribution in [1.82, 2.24) is 0 Å². The van der Waals surface area contributed by atoms with Crippen molar-refractivity contribution in [1.29, 1.82) is 0 Å². The molecule has 0 aromatic carbocycles. The summed E-state index contributed by atoms with van der Waals surface area (Å²) in [5.41, 5.74) is 5.26. The van der Waals surface area contributed by atoms with Crippen molar-refractivity contribution in [2.45, 2.75) is 6.04 Å². The van der Waals surface area contributed by atoms with Gasteiger partial charge in [-0.2, -0.15) is 0 Å². The third-order valence-corrected chi connectivity index (χ3v) is 1.55. The minimum atomic E-state index is -0.585. The Bertz CT molecular complexity index is 351. The van der Waals surface area contributed by atoms with Crippen molar-refractivity contribution in [2.24, 2.45) is 25.7 Å². The normalized spacial score (nSPS) is 24.8. The van der Waals surface area contributed by atoms with E-state index in [9.17, 15) is 4.79 Å². The van der Waals surface area contributed by atoms with Crippen LogP contribution in [0.4, 0.5) is 0 Å². The standard InChI is InChI=1S/C6H5N5O/c7-5(12)3-4-6(10-1-8-3)11-2-9-4/h1-2,4H,(H2,7,12). The molecule has 6 nitrogen and oxygen atoms in total. The second-order valence-corrected chi connectivity index (χ2v) is 2.28. The average Bonchev–Trinajstić information content (AvgIpc) is 2.49. The first-order valence-electron chi connectivity index (χ1n) is 3.28. The van der Waals surface area contributed by atoms with E-state index in [0.717, 1.165) is 0 Å². The Hall–Kier alpha value is -1.85. The first-order valence-corrected chi connectivity index (χ1v) is 3.28. The molecule has 0 saturated heterocycles. The van der Waals surface area contributed by atoms with Crippen molar-refractivity contribution in [3.63, 3.8) is 0 Å². The van der Waals surface area contributed by atoms with E-state index in [1.807, 2.05) is 0 Å². The zero-order valence-corrected chi connectivity index (χ0v) is 6.01. The van der Waals surface area contributed by atoms with Crippen LogP contribution in [-0.4, -0.2) is 36.2 Å². The summed E-state index contributed by atoms with van der Waals surface area (Å²) in [4.78, 5) is 26.1. The van der Waals surface area contributed by atoms with E-state index in [4.69, 9.17) is 5.73 Å². The van der Waals surface area contributed by atoms with Crippen LogP contribution in [0.15, 0.2) is 20.0 Å². The van der Waals surface area contributed by atoms with Crippen LogP contribution in [0.3, 0.4) is 0 Å². The number of nitrogens with two attached hydrogens (primary N) is 1. The number of nitrogens with zero attached hydrogens (tertiary/aromatic N) is 4. The third-order valence-electron chi connectivity index (χ3n) is 1.55. The number of aliphatic imine (C=N–C) groups is 4. The fourth-order valence-electron chi connectivity index (χ4n) is 1.01. The monoisotopic (exact) mass is 163 g/mol. The van der Waals surface area contributed by atoms with E-state index < -0.39 is 11.9 Å². The molecule has 0 aliphatic carbocycles. The largest absolute Gasteiger partial charge is 0.364 e. The number of carbonyl (C=O) groups excluding carboxylic acids is 1. The number of rotatable bonds is 1. The van der Waals surface area contributed by atoms with Gasteiger partial charge >= 0.3 is 0 Å². The summed E-state index contributed by atoms with van der Waals surface area (Å²) in [6.07, 6.45) is 2.60. The molecular weight excluding hydrogens is 158 g/mol. The van der Waals surface area contributed by atoms with Crippen molar-refractivity contribution in [3.8, 4) is 0 Å². The molecule has 0 aromatic rings. The Balaban J connectivity index is 2.41. The Morgan fingerprint density at radius 2 is 2.25 bits per heavy atom. The van der Waals surface area contributed by atoms with Gasteiger partial charge in [0.1, 0.15) is 18.4 Å². The Labute approximate surface area is 67.6 Å². The molecule has 1 amide bonds. The molecule has 2 aliphatic heterocycles. The summed E-state index contributed by atoms with van der Waals surface area (Å²) in [6.45, 7) is 0. The highest BCUT2D eigenvalue weighted by Crippen LogP contribution is 2.08. The Kier molecular flexibility index (Phi) is 1.33. The SMILES string of the molecule is NC(=O)C1=NC=NC2=NC=NC21. The van der Waals surface area contributed by atoms with Crippen LogP contribution in [0, 0.1) is 0 Å². The molecule has 0 aromatic heterocycles. The number of primary amides is 1. The van der Waals surface area contributed by atoms with Gasteiger partial charge in [-0.25, -0.2) is 15.0 Å². The summed E-state index contributed by atoms with van der Waals surface area (Å²) in [6, 6.07) is -0.479. The molecule has 0 bridgehead atoms. The minimum absolute atomic E-state index is 0.192. The lowest BCUT2D eigenvalue weighted by Gasteiger charge is -2.09. The van der Waals surface area contributed by atoms with Gasteiger partial charge in [-0.05, 0) is 0 Å². The van der Waals surface area contributed by atoms with E-state index in [2.05, 4.69) is 20.0 Å². The molecule has 6 heteroatoms. The number of amides is 1. The Morgan fingerprint density at radius 1 is 1.42 bits per heavy atom. The van der Waals surface area contributed by atoms with Crippen molar-refractivity contribution < 1.29 is 4.79 Å². The first kappa shape index (κ1) is 6.84. The highest BCUT2D eigenvalue weighted by atomic mass is 16.1. The molecule has 60 valence electrons. The fourth-order valence-corrected chi connectivity index (χ4v) is 1.01. The summed E-state index contributed by atoms with van der Waals surface area (Å²) >= 11 is 0. The fraction of sp³-hybridized carbons (Fsp3) is 0.167. The van der Waals surface area contributed by atoms with Crippen molar-refractivity contribution in [3.05, 3.63) is 0 Å². The van der Waals surface area contributed by atoms with Gasteiger partial charge in [0.15, 0.2) is 11.9 Å². The first-order chi connectivity index (χ1) is 5.79. The van der Waals surface area contributed by atoms with Crippen LogP contribution in [0.2, 0.25) is 0 Å². The highest BCUT2D eigenvalue weighted by molar-refractivity contribution is 6.47. The molecule has 0 fully saturated rings. The Morgan fingerprint density at radius 3 is 3.00 bits per heavy atom. The third kappa shape index (κ3) is 0.849. The van der Waals surface area contributed by atoms with Crippen LogP contribution in [-0.2, 0) is 4.79 Å². The lowest BCUT2D eigenvalue weighted by Crippen LogP contribution is -2.38. The summed E-state index contributed by atoms with van der Waals surface area (Å²) in [7, 11) is 0. The quantitative estimate of drug-likeness (QED) is 0.514. The van der Waals surface area contributed by atoms with Crippen LogP contribution in [0.25, 0.3) is 0 Å². The van der Waals surface area contributed by atoms with Crippen LogP contribution in [0.5, 0.6) is 0 Å². The second kappa shape index (κ2) is 2.33. The number of fused-ring (bicyclic) bond motifs is 1. The van der Waals surface area contributed by atoms with Gasteiger partial charge in [0.2, 0.25) is 0 Å². The van der Waals surface area contributed by atoms with Gasteiger partial charge in [-0.1, -0.05) is 0 Å². The van der Waals surface area contributed by atoms with E-state index in [1.165, 1.54) is 12.7 Å². The molecule has 2 N–H and O–H groups in total. The second-order valence-electron chi connectivity index (χ2n) is 2.28. The lowest BCUT2D eigenvalue weighted by molar-refractivity contribution is -0.112. The molecule has 2 heterocycles. The predicted molar refractivity (Wildman–Crippen MR) is 44.8 cm³/mol.